The highest BCUT2D eigenvalue weighted by atomic mass is 16.3. The lowest BCUT2D eigenvalue weighted by atomic mass is 9.97. The Morgan fingerprint density at radius 2 is 2.26 bits per heavy atom. The predicted molar refractivity (Wildman–Crippen MR) is 76.0 cm³/mol. The molecule has 0 aromatic heterocycles. The molecule has 0 saturated heterocycles. The molecule has 1 aliphatic carbocycles. The maximum absolute atomic E-state index is 11.6. The molecule has 19 heavy (non-hydrogen) atoms. The SMILES string of the molecule is CC(C)(C)CNC(=O)CC(O)NC1=CCC(N)C=C1. The summed E-state index contributed by atoms with van der Waals surface area (Å²) in [5.41, 5.74) is 6.55. The average molecular weight is 267 g/mol. The van der Waals surface area contributed by atoms with Gasteiger partial charge < -0.3 is 21.5 Å². The fourth-order valence-corrected chi connectivity index (χ4v) is 1.60. The van der Waals surface area contributed by atoms with Crippen molar-refractivity contribution in [2.45, 2.75) is 45.9 Å². The zero-order valence-corrected chi connectivity index (χ0v) is 11.9. The van der Waals surface area contributed by atoms with Gasteiger partial charge in [0.05, 0.1) is 6.42 Å². The molecule has 0 aliphatic heterocycles. The number of nitrogens with two attached hydrogens (primary N) is 1. The second-order valence-corrected chi connectivity index (χ2v) is 6.12. The van der Waals surface area contributed by atoms with Crippen molar-refractivity contribution in [2.75, 3.05) is 6.54 Å². The molecule has 5 heteroatoms. The van der Waals surface area contributed by atoms with Gasteiger partial charge in [-0.1, -0.05) is 32.9 Å². The highest BCUT2D eigenvalue weighted by Crippen LogP contribution is 2.10. The molecule has 1 aliphatic rings. The van der Waals surface area contributed by atoms with Gasteiger partial charge in [0.15, 0.2) is 0 Å². The highest BCUT2D eigenvalue weighted by molar-refractivity contribution is 5.76. The van der Waals surface area contributed by atoms with Crippen LogP contribution in [0.1, 0.15) is 33.6 Å². The molecule has 0 bridgehead atoms. The van der Waals surface area contributed by atoms with Gasteiger partial charge in [0.2, 0.25) is 5.91 Å². The summed E-state index contributed by atoms with van der Waals surface area (Å²) in [6.07, 6.45) is 5.50. The predicted octanol–water partition coefficient (Wildman–Crippen LogP) is 0.618. The molecule has 2 atom stereocenters. The summed E-state index contributed by atoms with van der Waals surface area (Å²) < 4.78 is 0. The van der Waals surface area contributed by atoms with Crippen LogP contribution in [0.15, 0.2) is 23.9 Å². The summed E-state index contributed by atoms with van der Waals surface area (Å²) in [6.45, 7) is 6.73. The molecule has 2 unspecified atom stereocenters. The van der Waals surface area contributed by atoms with Crippen LogP contribution in [0.5, 0.6) is 0 Å². The Kier molecular flexibility index (Phi) is 5.57. The van der Waals surface area contributed by atoms with E-state index in [2.05, 4.69) is 10.6 Å². The number of amides is 1. The molecule has 0 radical (unpaired) electrons. The molecule has 1 rings (SSSR count). The van der Waals surface area contributed by atoms with E-state index in [0.29, 0.717) is 6.54 Å². The van der Waals surface area contributed by atoms with Crippen molar-refractivity contribution in [3.63, 3.8) is 0 Å². The van der Waals surface area contributed by atoms with E-state index < -0.39 is 6.23 Å². The fourth-order valence-electron chi connectivity index (χ4n) is 1.60. The summed E-state index contributed by atoms with van der Waals surface area (Å²) in [7, 11) is 0. The van der Waals surface area contributed by atoms with E-state index in [4.69, 9.17) is 5.73 Å². The molecule has 108 valence electrons. The van der Waals surface area contributed by atoms with Crippen LogP contribution < -0.4 is 16.4 Å². The third kappa shape index (κ3) is 6.98. The van der Waals surface area contributed by atoms with Gasteiger partial charge in [-0.3, -0.25) is 4.79 Å². The van der Waals surface area contributed by atoms with E-state index in [0.717, 1.165) is 12.1 Å². The lowest BCUT2D eigenvalue weighted by molar-refractivity contribution is -0.123. The molecule has 5 nitrogen and oxygen atoms in total. The minimum Gasteiger partial charge on any atom is -0.373 e. The van der Waals surface area contributed by atoms with Gasteiger partial charge in [-0.15, -0.1) is 0 Å². The third-order valence-electron chi connectivity index (χ3n) is 2.66. The van der Waals surface area contributed by atoms with E-state index in [1.54, 1.807) is 0 Å². The maximum Gasteiger partial charge on any atom is 0.224 e. The largest absolute Gasteiger partial charge is 0.373 e. The van der Waals surface area contributed by atoms with Crippen LogP contribution in [0.25, 0.3) is 0 Å². The summed E-state index contributed by atoms with van der Waals surface area (Å²) in [6, 6.07) is 0.0396. The van der Waals surface area contributed by atoms with Crippen LogP contribution in [0.2, 0.25) is 0 Å². The first kappa shape index (κ1) is 15.7. The van der Waals surface area contributed by atoms with E-state index in [1.165, 1.54) is 0 Å². The Bertz CT molecular complexity index is 369. The number of nitrogens with one attached hydrogen (secondary N) is 2. The van der Waals surface area contributed by atoms with E-state index in [-0.39, 0.29) is 23.8 Å². The van der Waals surface area contributed by atoms with Gasteiger partial charge >= 0.3 is 0 Å². The van der Waals surface area contributed by atoms with Gasteiger partial charge in [0.1, 0.15) is 6.23 Å². The number of aliphatic hydroxyl groups is 1. The van der Waals surface area contributed by atoms with Crippen molar-refractivity contribution >= 4 is 5.91 Å². The Hall–Kier alpha value is -1.33. The number of hydrogen-bond donors (Lipinski definition) is 4. The van der Waals surface area contributed by atoms with Crippen molar-refractivity contribution in [1.82, 2.24) is 10.6 Å². The van der Waals surface area contributed by atoms with Gasteiger partial charge in [0.25, 0.3) is 0 Å². The Balaban J connectivity index is 2.29. The van der Waals surface area contributed by atoms with Gasteiger partial charge in [0, 0.05) is 18.3 Å². The fraction of sp³-hybridized carbons (Fsp3) is 0.643. The minimum absolute atomic E-state index is 0.0350. The zero-order chi connectivity index (χ0) is 14.5. The second kappa shape index (κ2) is 6.73. The molecule has 0 saturated carbocycles. The number of hydrogen-bond acceptors (Lipinski definition) is 4. The number of allylic oxidation sites excluding steroid dienone is 1. The molecular formula is C14H25N3O2. The van der Waals surface area contributed by atoms with Crippen molar-refractivity contribution < 1.29 is 9.90 Å². The van der Waals surface area contributed by atoms with Crippen LogP contribution in [0.4, 0.5) is 0 Å². The van der Waals surface area contributed by atoms with Crippen molar-refractivity contribution in [2.24, 2.45) is 11.1 Å². The Morgan fingerprint density at radius 1 is 1.58 bits per heavy atom. The zero-order valence-electron chi connectivity index (χ0n) is 11.9. The third-order valence-corrected chi connectivity index (χ3v) is 2.66. The lowest BCUT2D eigenvalue weighted by Crippen LogP contribution is -2.38. The Morgan fingerprint density at radius 3 is 2.79 bits per heavy atom. The molecule has 0 fully saturated rings. The quantitative estimate of drug-likeness (QED) is 0.550. The highest BCUT2D eigenvalue weighted by Gasteiger charge is 2.15. The number of aliphatic hydroxyl groups excluding tert-OH is 1. The second-order valence-electron chi connectivity index (χ2n) is 6.12. The van der Waals surface area contributed by atoms with Gasteiger partial charge in [-0.2, -0.15) is 0 Å². The van der Waals surface area contributed by atoms with Crippen molar-refractivity contribution in [3.05, 3.63) is 23.9 Å². The van der Waals surface area contributed by atoms with Crippen LogP contribution in [-0.4, -0.2) is 29.8 Å². The number of carbonyl (C=O) groups excluding carboxylic acids is 1. The minimum atomic E-state index is -0.884. The molecule has 0 aromatic rings. The van der Waals surface area contributed by atoms with Crippen LogP contribution in [-0.2, 0) is 4.79 Å². The van der Waals surface area contributed by atoms with Crippen molar-refractivity contribution in [3.8, 4) is 0 Å². The summed E-state index contributed by atoms with van der Waals surface area (Å²) in [4.78, 5) is 11.6. The first-order valence-electron chi connectivity index (χ1n) is 6.61. The normalized spacial score (nSPS) is 20.7. The number of rotatable bonds is 5. The van der Waals surface area contributed by atoms with E-state index in [1.807, 2.05) is 39.0 Å². The summed E-state index contributed by atoms with van der Waals surface area (Å²) in [5, 5.41) is 15.5. The molecule has 5 N–H and O–H groups in total. The smallest absolute Gasteiger partial charge is 0.224 e. The maximum atomic E-state index is 11.6. The molecule has 0 aromatic carbocycles. The summed E-state index contributed by atoms with van der Waals surface area (Å²) in [5.74, 6) is -0.160. The van der Waals surface area contributed by atoms with Gasteiger partial charge in [-0.25, -0.2) is 0 Å². The molecule has 0 spiro atoms. The van der Waals surface area contributed by atoms with Gasteiger partial charge in [-0.05, 0) is 17.9 Å². The molecule has 1 amide bonds. The van der Waals surface area contributed by atoms with Crippen LogP contribution in [0.3, 0.4) is 0 Å². The topological polar surface area (TPSA) is 87.4 Å². The monoisotopic (exact) mass is 267 g/mol. The first-order chi connectivity index (χ1) is 8.76. The molecular weight excluding hydrogens is 242 g/mol. The van der Waals surface area contributed by atoms with Crippen LogP contribution in [0, 0.1) is 5.41 Å². The first-order valence-corrected chi connectivity index (χ1v) is 6.61. The lowest BCUT2D eigenvalue weighted by Gasteiger charge is -2.21. The van der Waals surface area contributed by atoms with Crippen molar-refractivity contribution in [1.29, 1.82) is 0 Å². The number of carbonyl (C=O) groups is 1. The Labute approximate surface area is 114 Å². The average Bonchev–Trinajstić information content (AvgIpc) is 2.29. The standard InChI is InChI=1S/C14H25N3O2/c1-14(2,3)9-16-12(18)8-13(19)17-11-6-4-10(15)5-7-11/h4,6-7,10,13,17,19H,5,8-9,15H2,1-3H3,(H,16,18). The van der Waals surface area contributed by atoms with Crippen LogP contribution >= 0.6 is 0 Å². The summed E-state index contributed by atoms with van der Waals surface area (Å²) >= 11 is 0. The molecule has 0 heterocycles. The van der Waals surface area contributed by atoms with E-state index >= 15 is 0 Å². The van der Waals surface area contributed by atoms with E-state index in [9.17, 15) is 9.90 Å².